The lowest BCUT2D eigenvalue weighted by Crippen LogP contribution is -2.02. The molecule has 0 fully saturated rings. The predicted octanol–water partition coefficient (Wildman–Crippen LogP) is 4.92. The largest absolute Gasteiger partial charge is 0.313 e. The molecule has 0 atom stereocenters. The predicted molar refractivity (Wildman–Crippen MR) is 91.6 cm³/mol. The van der Waals surface area contributed by atoms with Crippen LogP contribution in [0.1, 0.15) is 25.5 Å². The number of hydrogen-bond acceptors (Lipinski definition) is 1. The van der Waals surface area contributed by atoms with Crippen LogP contribution in [-0.4, -0.2) is 14.3 Å². The second-order valence-corrected chi connectivity index (χ2v) is 6.40. The number of benzene rings is 2. The van der Waals surface area contributed by atoms with E-state index in [1.807, 2.05) is 28.6 Å². The van der Waals surface area contributed by atoms with Crippen LogP contribution in [-0.2, 0) is 7.05 Å². The van der Waals surface area contributed by atoms with Gasteiger partial charge in [0.2, 0.25) is 0 Å². The van der Waals surface area contributed by atoms with Crippen molar-refractivity contribution in [1.29, 1.82) is 0 Å². The van der Waals surface area contributed by atoms with Crippen LogP contribution < -0.4 is 0 Å². The molecule has 0 aliphatic heterocycles. The van der Waals surface area contributed by atoms with Gasteiger partial charge in [-0.2, -0.15) is 5.10 Å². The van der Waals surface area contributed by atoms with E-state index in [9.17, 15) is 8.78 Å². The Morgan fingerprint density at radius 3 is 2.38 bits per heavy atom. The topological polar surface area (TPSA) is 22.8 Å². The van der Waals surface area contributed by atoms with E-state index in [-0.39, 0.29) is 5.92 Å². The van der Waals surface area contributed by atoms with E-state index in [0.29, 0.717) is 5.69 Å². The molecule has 24 heavy (non-hydrogen) atoms. The van der Waals surface area contributed by atoms with Crippen molar-refractivity contribution in [3.05, 3.63) is 59.9 Å². The highest BCUT2D eigenvalue weighted by atomic mass is 19.2. The van der Waals surface area contributed by atoms with E-state index in [0.717, 1.165) is 27.5 Å². The van der Waals surface area contributed by atoms with Crippen LogP contribution in [0.15, 0.2) is 42.6 Å². The first kappa shape index (κ1) is 14.9. The Kier molecular flexibility index (Phi) is 3.20. The summed E-state index contributed by atoms with van der Waals surface area (Å²) in [6.07, 6.45) is 1.81. The van der Waals surface area contributed by atoms with Gasteiger partial charge in [0.05, 0.1) is 17.2 Å². The van der Waals surface area contributed by atoms with Crippen molar-refractivity contribution in [2.45, 2.75) is 19.8 Å². The van der Waals surface area contributed by atoms with E-state index >= 15 is 0 Å². The van der Waals surface area contributed by atoms with Crippen molar-refractivity contribution in [2.75, 3.05) is 0 Å². The van der Waals surface area contributed by atoms with Crippen molar-refractivity contribution in [3.8, 4) is 5.69 Å². The van der Waals surface area contributed by atoms with Crippen molar-refractivity contribution in [2.24, 2.45) is 7.05 Å². The summed E-state index contributed by atoms with van der Waals surface area (Å²) in [5.41, 5.74) is 3.68. The third-order valence-corrected chi connectivity index (χ3v) is 4.45. The molecular formula is C19H17F2N3. The summed E-state index contributed by atoms with van der Waals surface area (Å²) < 4.78 is 30.9. The normalized spacial score (nSPS) is 11.9. The molecule has 0 bridgehead atoms. The molecule has 0 saturated carbocycles. The molecule has 3 nitrogen and oxygen atoms in total. The highest BCUT2D eigenvalue weighted by molar-refractivity contribution is 5.96. The Bertz CT molecular complexity index is 1070. The first-order valence-corrected chi connectivity index (χ1v) is 7.88. The third kappa shape index (κ3) is 2.12. The van der Waals surface area contributed by atoms with Gasteiger partial charge in [-0.15, -0.1) is 0 Å². The summed E-state index contributed by atoms with van der Waals surface area (Å²) in [6.45, 7) is 4.18. The number of hydrogen-bond donors (Lipinski definition) is 0. The first-order chi connectivity index (χ1) is 11.5. The molecule has 0 radical (unpaired) electrons. The molecule has 2 aromatic heterocycles. The maximum Gasteiger partial charge on any atom is 0.160 e. The average Bonchev–Trinajstić information content (AvgIpc) is 3.09. The minimum absolute atomic E-state index is 0.242. The molecule has 5 heteroatoms. The maximum absolute atomic E-state index is 13.8. The SMILES string of the molecule is CC(C)c1cc2cc3c(cnn3C)cc2n1-c1ccc(F)c(F)c1. The van der Waals surface area contributed by atoms with Gasteiger partial charge < -0.3 is 4.57 Å². The molecule has 0 aliphatic carbocycles. The number of aromatic nitrogens is 3. The minimum atomic E-state index is -0.841. The van der Waals surface area contributed by atoms with Crippen molar-refractivity contribution in [1.82, 2.24) is 14.3 Å². The summed E-state index contributed by atoms with van der Waals surface area (Å²) in [6, 6.07) is 10.3. The Labute approximate surface area is 138 Å². The Hall–Kier alpha value is -2.69. The molecule has 0 N–H and O–H groups in total. The van der Waals surface area contributed by atoms with Crippen molar-refractivity contribution in [3.63, 3.8) is 0 Å². The zero-order chi connectivity index (χ0) is 17.0. The standard InChI is InChI=1S/C19H17F2N3/c1-11(2)17-6-12-7-18-13(10-22-23(18)3)8-19(12)24(17)14-4-5-15(20)16(21)9-14/h4-11H,1-3H3. The minimum Gasteiger partial charge on any atom is -0.313 e. The van der Waals surface area contributed by atoms with E-state index in [4.69, 9.17) is 0 Å². The van der Waals surface area contributed by atoms with Crippen LogP contribution >= 0.6 is 0 Å². The lowest BCUT2D eigenvalue weighted by molar-refractivity contribution is 0.508. The second kappa shape index (κ2) is 5.16. The lowest BCUT2D eigenvalue weighted by atomic mass is 10.1. The van der Waals surface area contributed by atoms with Crippen LogP contribution in [0.2, 0.25) is 0 Å². The third-order valence-electron chi connectivity index (χ3n) is 4.45. The van der Waals surface area contributed by atoms with Crippen LogP contribution in [0.4, 0.5) is 8.78 Å². The second-order valence-electron chi connectivity index (χ2n) is 6.40. The van der Waals surface area contributed by atoms with E-state index in [1.54, 1.807) is 6.07 Å². The molecule has 0 unspecified atom stereocenters. The lowest BCUT2D eigenvalue weighted by Gasteiger charge is -2.13. The summed E-state index contributed by atoms with van der Waals surface area (Å²) >= 11 is 0. The number of fused-ring (bicyclic) bond motifs is 2. The van der Waals surface area contributed by atoms with Gasteiger partial charge in [0.25, 0.3) is 0 Å². The molecule has 122 valence electrons. The van der Waals surface area contributed by atoms with Gasteiger partial charge in [-0.1, -0.05) is 13.8 Å². The van der Waals surface area contributed by atoms with Crippen molar-refractivity contribution < 1.29 is 8.78 Å². The van der Waals surface area contributed by atoms with E-state index < -0.39 is 11.6 Å². The molecular weight excluding hydrogens is 308 g/mol. The molecule has 0 spiro atoms. The van der Waals surface area contributed by atoms with Gasteiger partial charge in [0, 0.05) is 35.3 Å². The van der Waals surface area contributed by atoms with E-state index in [1.165, 1.54) is 12.1 Å². The average molecular weight is 325 g/mol. The molecule has 0 amide bonds. The Morgan fingerprint density at radius 1 is 0.917 bits per heavy atom. The summed E-state index contributed by atoms with van der Waals surface area (Å²) in [5, 5.41) is 6.35. The van der Waals surface area contributed by atoms with Gasteiger partial charge in [-0.25, -0.2) is 8.78 Å². The van der Waals surface area contributed by atoms with Crippen LogP contribution in [0.3, 0.4) is 0 Å². The van der Waals surface area contributed by atoms with Crippen LogP contribution in [0.25, 0.3) is 27.5 Å². The summed E-state index contributed by atoms with van der Waals surface area (Å²) in [4.78, 5) is 0. The molecule has 2 heterocycles. The van der Waals surface area contributed by atoms with Gasteiger partial charge in [0.15, 0.2) is 11.6 Å². The Morgan fingerprint density at radius 2 is 1.67 bits per heavy atom. The quantitative estimate of drug-likeness (QED) is 0.513. The zero-order valence-corrected chi connectivity index (χ0v) is 13.7. The Balaban J connectivity index is 2.08. The summed E-state index contributed by atoms with van der Waals surface area (Å²) in [5.74, 6) is -1.44. The fourth-order valence-electron chi connectivity index (χ4n) is 3.21. The fraction of sp³-hybridized carbons (Fsp3) is 0.211. The summed E-state index contributed by atoms with van der Waals surface area (Å²) in [7, 11) is 1.91. The molecule has 0 saturated heterocycles. The molecule has 0 aliphatic rings. The molecule has 2 aromatic carbocycles. The number of halogens is 2. The zero-order valence-electron chi connectivity index (χ0n) is 13.7. The van der Waals surface area contributed by atoms with Gasteiger partial charge in [-0.05, 0) is 36.2 Å². The highest BCUT2D eigenvalue weighted by Gasteiger charge is 2.16. The van der Waals surface area contributed by atoms with E-state index in [2.05, 4.69) is 31.1 Å². The van der Waals surface area contributed by atoms with Crippen LogP contribution in [0, 0.1) is 11.6 Å². The van der Waals surface area contributed by atoms with Crippen molar-refractivity contribution >= 4 is 21.8 Å². The molecule has 4 rings (SSSR count). The van der Waals surface area contributed by atoms with Gasteiger partial charge in [-0.3, -0.25) is 4.68 Å². The number of nitrogens with zero attached hydrogens (tertiary/aromatic N) is 3. The monoisotopic (exact) mass is 325 g/mol. The fourth-order valence-corrected chi connectivity index (χ4v) is 3.21. The first-order valence-electron chi connectivity index (χ1n) is 7.88. The number of rotatable bonds is 2. The smallest absolute Gasteiger partial charge is 0.160 e. The number of aryl methyl sites for hydroxylation is 1. The maximum atomic E-state index is 13.8. The van der Waals surface area contributed by atoms with Gasteiger partial charge >= 0.3 is 0 Å². The van der Waals surface area contributed by atoms with Gasteiger partial charge in [0.1, 0.15) is 0 Å². The highest BCUT2D eigenvalue weighted by Crippen LogP contribution is 2.32. The van der Waals surface area contributed by atoms with Crippen LogP contribution in [0.5, 0.6) is 0 Å². The molecule has 4 aromatic rings.